The molecular formula is C26H27FN2O. The fraction of sp³-hybridized carbons (Fsp3) is 0.269. The number of aryl methyl sites for hydroxylation is 1. The van der Waals surface area contributed by atoms with E-state index in [4.69, 9.17) is 5.73 Å². The van der Waals surface area contributed by atoms with Crippen LogP contribution in [-0.4, -0.2) is 17.4 Å². The van der Waals surface area contributed by atoms with E-state index in [2.05, 4.69) is 12.1 Å². The Labute approximate surface area is 177 Å². The number of hydrogen-bond acceptors (Lipinski definition) is 2. The minimum absolute atomic E-state index is 0.0437. The number of halogens is 1. The Morgan fingerprint density at radius 1 is 0.967 bits per heavy atom. The van der Waals surface area contributed by atoms with E-state index in [0.29, 0.717) is 18.5 Å². The Kier molecular flexibility index (Phi) is 6.24. The van der Waals surface area contributed by atoms with E-state index in [1.807, 2.05) is 59.5 Å². The first-order chi connectivity index (χ1) is 14.7. The molecule has 30 heavy (non-hydrogen) atoms. The zero-order chi connectivity index (χ0) is 20.9. The van der Waals surface area contributed by atoms with E-state index >= 15 is 0 Å². The SMILES string of the molecule is NCC(=O)N(Cc1ccccc1)C1c2ccccc2CCC1Cc1ccccc1F. The van der Waals surface area contributed by atoms with Crippen molar-refractivity contribution in [3.05, 3.63) is 107 Å². The molecule has 0 aliphatic heterocycles. The van der Waals surface area contributed by atoms with Gasteiger partial charge in [0.2, 0.25) is 5.91 Å². The standard InChI is InChI=1S/C26H27FN2O/c27-24-13-7-5-11-21(24)16-22-15-14-20-10-4-6-12-23(20)26(22)29(25(30)17-28)18-19-8-2-1-3-9-19/h1-13,22,26H,14-18,28H2. The quantitative estimate of drug-likeness (QED) is 0.652. The van der Waals surface area contributed by atoms with Gasteiger partial charge in [0, 0.05) is 6.54 Å². The highest BCUT2D eigenvalue weighted by Crippen LogP contribution is 2.41. The summed E-state index contributed by atoms with van der Waals surface area (Å²) in [4.78, 5) is 14.9. The van der Waals surface area contributed by atoms with Crippen LogP contribution < -0.4 is 5.73 Å². The summed E-state index contributed by atoms with van der Waals surface area (Å²) in [5.41, 5.74) is 10.0. The summed E-state index contributed by atoms with van der Waals surface area (Å²) in [7, 11) is 0. The molecule has 0 heterocycles. The average Bonchev–Trinajstić information content (AvgIpc) is 2.79. The zero-order valence-electron chi connectivity index (χ0n) is 17.0. The first-order valence-electron chi connectivity index (χ1n) is 10.5. The zero-order valence-corrected chi connectivity index (χ0v) is 17.0. The Morgan fingerprint density at radius 3 is 2.43 bits per heavy atom. The third kappa shape index (κ3) is 4.29. The van der Waals surface area contributed by atoms with Gasteiger partial charge in [0.1, 0.15) is 5.82 Å². The lowest BCUT2D eigenvalue weighted by Crippen LogP contribution is -2.43. The highest BCUT2D eigenvalue weighted by molar-refractivity contribution is 5.78. The Morgan fingerprint density at radius 2 is 1.67 bits per heavy atom. The molecule has 1 amide bonds. The second-order valence-corrected chi connectivity index (χ2v) is 7.95. The van der Waals surface area contributed by atoms with Gasteiger partial charge in [0.05, 0.1) is 12.6 Å². The van der Waals surface area contributed by atoms with Crippen molar-refractivity contribution in [1.29, 1.82) is 0 Å². The predicted octanol–water partition coefficient (Wildman–Crippen LogP) is 4.66. The molecule has 0 fully saturated rings. The van der Waals surface area contributed by atoms with Crippen LogP contribution in [0.4, 0.5) is 4.39 Å². The van der Waals surface area contributed by atoms with Gasteiger partial charge in [-0.15, -0.1) is 0 Å². The summed E-state index contributed by atoms with van der Waals surface area (Å²) in [6.45, 7) is 0.446. The first-order valence-corrected chi connectivity index (χ1v) is 10.5. The molecule has 3 aromatic rings. The Balaban J connectivity index is 1.74. The normalized spacial score (nSPS) is 17.9. The van der Waals surface area contributed by atoms with Crippen molar-refractivity contribution in [3.63, 3.8) is 0 Å². The Hall–Kier alpha value is -2.98. The lowest BCUT2D eigenvalue weighted by atomic mass is 9.76. The number of hydrogen-bond donors (Lipinski definition) is 1. The molecule has 0 bridgehead atoms. The number of nitrogens with zero attached hydrogens (tertiary/aromatic N) is 1. The summed E-state index contributed by atoms with van der Waals surface area (Å²) in [6, 6.07) is 25.1. The molecule has 0 aromatic heterocycles. The number of benzene rings is 3. The first kappa shape index (κ1) is 20.3. The van der Waals surface area contributed by atoms with Crippen LogP contribution in [0.25, 0.3) is 0 Å². The monoisotopic (exact) mass is 402 g/mol. The molecule has 3 nitrogen and oxygen atoms in total. The lowest BCUT2D eigenvalue weighted by molar-refractivity contribution is -0.134. The number of carbonyl (C=O) groups excluding carboxylic acids is 1. The molecule has 1 aliphatic rings. The van der Waals surface area contributed by atoms with Crippen molar-refractivity contribution >= 4 is 5.91 Å². The molecule has 2 atom stereocenters. The summed E-state index contributed by atoms with van der Waals surface area (Å²) >= 11 is 0. The van der Waals surface area contributed by atoms with Gasteiger partial charge in [0.25, 0.3) is 0 Å². The van der Waals surface area contributed by atoms with Crippen LogP contribution in [0.5, 0.6) is 0 Å². The second kappa shape index (κ2) is 9.23. The third-order valence-corrected chi connectivity index (χ3v) is 6.07. The smallest absolute Gasteiger partial charge is 0.237 e. The predicted molar refractivity (Wildman–Crippen MR) is 117 cm³/mol. The van der Waals surface area contributed by atoms with Crippen molar-refractivity contribution in [2.24, 2.45) is 11.7 Å². The van der Waals surface area contributed by atoms with Crippen LogP contribution >= 0.6 is 0 Å². The molecule has 1 aliphatic carbocycles. The number of rotatable bonds is 6. The van der Waals surface area contributed by atoms with Crippen LogP contribution in [0.3, 0.4) is 0 Å². The molecule has 2 unspecified atom stereocenters. The third-order valence-electron chi connectivity index (χ3n) is 6.07. The van der Waals surface area contributed by atoms with Gasteiger partial charge < -0.3 is 10.6 Å². The van der Waals surface area contributed by atoms with Crippen molar-refractivity contribution in [1.82, 2.24) is 4.90 Å². The van der Waals surface area contributed by atoms with E-state index in [-0.39, 0.29) is 30.2 Å². The molecule has 154 valence electrons. The molecule has 4 rings (SSSR count). The van der Waals surface area contributed by atoms with Crippen molar-refractivity contribution in [2.75, 3.05) is 6.54 Å². The maximum Gasteiger partial charge on any atom is 0.237 e. The van der Waals surface area contributed by atoms with Crippen LogP contribution in [-0.2, 0) is 24.2 Å². The molecule has 0 saturated carbocycles. The van der Waals surface area contributed by atoms with E-state index < -0.39 is 0 Å². The highest BCUT2D eigenvalue weighted by Gasteiger charge is 2.36. The summed E-state index contributed by atoms with van der Waals surface area (Å²) < 4.78 is 14.4. The largest absolute Gasteiger partial charge is 0.330 e. The van der Waals surface area contributed by atoms with Gasteiger partial charge >= 0.3 is 0 Å². The molecule has 4 heteroatoms. The van der Waals surface area contributed by atoms with Gasteiger partial charge in [-0.2, -0.15) is 0 Å². The van der Waals surface area contributed by atoms with Gasteiger partial charge in [-0.05, 0) is 53.5 Å². The topological polar surface area (TPSA) is 46.3 Å². The van der Waals surface area contributed by atoms with Crippen LogP contribution in [0, 0.1) is 11.7 Å². The van der Waals surface area contributed by atoms with E-state index in [1.165, 1.54) is 11.6 Å². The highest BCUT2D eigenvalue weighted by atomic mass is 19.1. The molecule has 2 N–H and O–H groups in total. The molecule has 0 spiro atoms. The van der Waals surface area contributed by atoms with Crippen LogP contribution in [0.2, 0.25) is 0 Å². The van der Waals surface area contributed by atoms with E-state index in [9.17, 15) is 9.18 Å². The summed E-state index contributed by atoms with van der Waals surface area (Å²) in [5.74, 6) is -0.148. The number of amides is 1. The molecule has 0 radical (unpaired) electrons. The maximum atomic E-state index is 14.4. The number of fused-ring (bicyclic) bond motifs is 1. The minimum atomic E-state index is -0.185. The van der Waals surface area contributed by atoms with Crippen molar-refractivity contribution in [3.8, 4) is 0 Å². The average molecular weight is 403 g/mol. The second-order valence-electron chi connectivity index (χ2n) is 7.95. The molecular weight excluding hydrogens is 375 g/mol. The van der Waals surface area contributed by atoms with Gasteiger partial charge in [-0.25, -0.2) is 4.39 Å². The van der Waals surface area contributed by atoms with Crippen LogP contribution in [0.1, 0.15) is 34.7 Å². The minimum Gasteiger partial charge on any atom is -0.330 e. The van der Waals surface area contributed by atoms with Gasteiger partial charge in [-0.1, -0.05) is 72.8 Å². The van der Waals surface area contributed by atoms with Crippen molar-refractivity contribution in [2.45, 2.75) is 31.8 Å². The fourth-order valence-corrected chi connectivity index (χ4v) is 4.62. The summed E-state index contributed by atoms with van der Waals surface area (Å²) in [6.07, 6.45) is 2.43. The number of carbonyl (C=O) groups is 1. The van der Waals surface area contributed by atoms with Crippen molar-refractivity contribution < 1.29 is 9.18 Å². The van der Waals surface area contributed by atoms with E-state index in [0.717, 1.165) is 24.0 Å². The van der Waals surface area contributed by atoms with Gasteiger partial charge in [-0.3, -0.25) is 4.79 Å². The van der Waals surface area contributed by atoms with Crippen LogP contribution in [0.15, 0.2) is 78.9 Å². The number of nitrogens with two attached hydrogens (primary N) is 1. The maximum absolute atomic E-state index is 14.4. The van der Waals surface area contributed by atoms with E-state index in [1.54, 1.807) is 6.07 Å². The summed E-state index contributed by atoms with van der Waals surface area (Å²) in [5, 5.41) is 0. The lowest BCUT2D eigenvalue weighted by Gasteiger charge is -2.41. The van der Waals surface area contributed by atoms with Gasteiger partial charge in [0.15, 0.2) is 0 Å². The molecule has 3 aromatic carbocycles. The Bertz CT molecular complexity index is 1000. The fourth-order valence-electron chi connectivity index (χ4n) is 4.62. The molecule has 0 saturated heterocycles.